The Bertz CT molecular complexity index is 439. The molecule has 1 saturated heterocycles. The molecule has 1 N–H and O–H groups in total. The van der Waals surface area contributed by atoms with Gasteiger partial charge in [0.15, 0.2) is 0 Å². The largest absolute Gasteiger partial charge is 0.387 e. The SMILES string of the molecule is CC(C)Cc1ccc(C(O)CN2CCOC(C)(C)C2)cc1. The van der Waals surface area contributed by atoms with Crippen molar-refractivity contribution >= 4 is 0 Å². The van der Waals surface area contributed by atoms with E-state index < -0.39 is 6.10 Å². The topological polar surface area (TPSA) is 32.7 Å². The molecule has 118 valence electrons. The summed E-state index contributed by atoms with van der Waals surface area (Å²) in [6, 6.07) is 8.41. The molecule has 1 aromatic carbocycles. The molecule has 0 saturated carbocycles. The van der Waals surface area contributed by atoms with Crippen molar-refractivity contribution in [1.82, 2.24) is 4.90 Å². The van der Waals surface area contributed by atoms with Crippen molar-refractivity contribution in [1.29, 1.82) is 0 Å². The first kappa shape index (κ1) is 16.5. The maximum atomic E-state index is 10.4. The molecule has 2 rings (SSSR count). The van der Waals surface area contributed by atoms with Crippen LogP contribution >= 0.6 is 0 Å². The summed E-state index contributed by atoms with van der Waals surface area (Å²) in [6.45, 7) is 11.8. The molecule has 21 heavy (non-hydrogen) atoms. The Morgan fingerprint density at radius 3 is 2.48 bits per heavy atom. The van der Waals surface area contributed by atoms with Crippen LogP contribution in [0.25, 0.3) is 0 Å². The number of β-amino-alcohol motifs (C(OH)–C–C–N with tert-alkyl or cyclic N) is 1. The molecule has 1 unspecified atom stereocenters. The van der Waals surface area contributed by atoms with Crippen LogP contribution in [0, 0.1) is 5.92 Å². The van der Waals surface area contributed by atoms with Crippen molar-refractivity contribution in [2.75, 3.05) is 26.2 Å². The van der Waals surface area contributed by atoms with Gasteiger partial charge in [-0.1, -0.05) is 38.1 Å². The van der Waals surface area contributed by atoms with Gasteiger partial charge in [0.1, 0.15) is 0 Å². The van der Waals surface area contributed by atoms with Crippen LogP contribution in [0.4, 0.5) is 0 Å². The van der Waals surface area contributed by atoms with Crippen LogP contribution in [0.3, 0.4) is 0 Å². The summed E-state index contributed by atoms with van der Waals surface area (Å²) in [6.07, 6.45) is 0.667. The number of ether oxygens (including phenoxy) is 1. The zero-order valence-corrected chi connectivity index (χ0v) is 13.8. The zero-order chi connectivity index (χ0) is 15.5. The third-order valence-corrected chi connectivity index (χ3v) is 3.94. The van der Waals surface area contributed by atoms with Crippen LogP contribution in [-0.2, 0) is 11.2 Å². The van der Waals surface area contributed by atoms with Gasteiger partial charge in [0, 0.05) is 19.6 Å². The minimum absolute atomic E-state index is 0.112. The van der Waals surface area contributed by atoms with E-state index in [2.05, 4.69) is 56.9 Å². The van der Waals surface area contributed by atoms with E-state index in [4.69, 9.17) is 4.74 Å². The monoisotopic (exact) mass is 291 g/mol. The van der Waals surface area contributed by atoms with Gasteiger partial charge in [-0.05, 0) is 37.3 Å². The summed E-state index contributed by atoms with van der Waals surface area (Å²) in [5.74, 6) is 0.663. The summed E-state index contributed by atoms with van der Waals surface area (Å²) in [4.78, 5) is 2.29. The number of aliphatic hydroxyl groups is 1. The van der Waals surface area contributed by atoms with Crippen LogP contribution in [0.5, 0.6) is 0 Å². The molecule has 0 bridgehead atoms. The van der Waals surface area contributed by atoms with Crippen molar-refractivity contribution in [3.63, 3.8) is 0 Å². The fourth-order valence-corrected chi connectivity index (χ4v) is 2.97. The second-order valence-corrected chi connectivity index (χ2v) is 7.20. The highest BCUT2D eigenvalue weighted by Gasteiger charge is 2.28. The summed E-state index contributed by atoms with van der Waals surface area (Å²) in [7, 11) is 0. The molecule has 1 aliphatic rings. The molecule has 1 aliphatic heterocycles. The third kappa shape index (κ3) is 5.10. The van der Waals surface area contributed by atoms with Gasteiger partial charge in [-0.25, -0.2) is 0 Å². The van der Waals surface area contributed by atoms with E-state index in [-0.39, 0.29) is 5.60 Å². The Hall–Kier alpha value is -0.900. The lowest BCUT2D eigenvalue weighted by atomic mass is 10.00. The van der Waals surface area contributed by atoms with Gasteiger partial charge < -0.3 is 9.84 Å². The average Bonchev–Trinajstić information content (AvgIpc) is 2.37. The molecule has 1 aromatic rings. The highest BCUT2D eigenvalue weighted by atomic mass is 16.5. The first-order valence-corrected chi connectivity index (χ1v) is 7.99. The lowest BCUT2D eigenvalue weighted by Gasteiger charge is -2.39. The van der Waals surface area contributed by atoms with Gasteiger partial charge in [-0.2, -0.15) is 0 Å². The second kappa shape index (κ2) is 6.91. The average molecular weight is 291 g/mol. The van der Waals surface area contributed by atoms with Crippen molar-refractivity contribution in [2.24, 2.45) is 5.92 Å². The summed E-state index contributed by atoms with van der Waals surface area (Å²) < 4.78 is 5.71. The molecule has 0 spiro atoms. The lowest BCUT2D eigenvalue weighted by Crippen LogP contribution is -2.49. The quantitative estimate of drug-likeness (QED) is 0.905. The van der Waals surface area contributed by atoms with E-state index in [1.165, 1.54) is 5.56 Å². The first-order valence-electron chi connectivity index (χ1n) is 7.99. The Morgan fingerprint density at radius 2 is 1.90 bits per heavy atom. The number of hydrogen-bond acceptors (Lipinski definition) is 3. The Kier molecular flexibility index (Phi) is 5.42. The van der Waals surface area contributed by atoms with Crippen LogP contribution in [-0.4, -0.2) is 41.8 Å². The highest BCUT2D eigenvalue weighted by molar-refractivity contribution is 5.24. The van der Waals surface area contributed by atoms with E-state index in [9.17, 15) is 5.11 Å². The predicted octanol–water partition coefficient (Wildman–Crippen LogP) is 3.03. The molecule has 0 radical (unpaired) electrons. The summed E-state index contributed by atoms with van der Waals surface area (Å²) >= 11 is 0. The molecule has 1 fully saturated rings. The molecule has 0 aliphatic carbocycles. The number of aliphatic hydroxyl groups excluding tert-OH is 1. The van der Waals surface area contributed by atoms with Gasteiger partial charge in [-0.3, -0.25) is 4.90 Å². The molecule has 1 atom stereocenters. The van der Waals surface area contributed by atoms with E-state index in [1.54, 1.807) is 0 Å². The Labute approximate surface area is 128 Å². The van der Waals surface area contributed by atoms with Gasteiger partial charge in [0.25, 0.3) is 0 Å². The van der Waals surface area contributed by atoms with Gasteiger partial charge in [0.05, 0.1) is 18.3 Å². The molecule has 3 heteroatoms. The normalized spacial score (nSPS) is 20.7. The predicted molar refractivity (Wildman–Crippen MR) is 86.4 cm³/mol. The van der Waals surface area contributed by atoms with Crippen LogP contribution in [0.2, 0.25) is 0 Å². The maximum Gasteiger partial charge on any atom is 0.0916 e. The van der Waals surface area contributed by atoms with E-state index in [0.717, 1.165) is 31.7 Å². The van der Waals surface area contributed by atoms with E-state index in [1.807, 2.05) is 0 Å². The number of hydrogen-bond donors (Lipinski definition) is 1. The second-order valence-electron chi connectivity index (χ2n) is 7.20. The molecule has 1 heterocycles. The number of morpholine rings is 1. The lowest BCUT2D eigenvalue weighted by molar-refractivity contribution is -0.0932. The molecule has 3 nitrogen and oxygen atoms in total. The highest BCUT2D eigenvalue weighted by Crippen LogP contribution is 2.21. The molecule has 0 amide bonds. The number of rotatable bonds is 5. The smallest absolute Gasteiger partial charge is 0.0916 e. The Balaban J connectivity index is 1.92. The molecular weight excluding hydrogens is 262 g/mol. The maximum absolute atomic E-state index is 10.4. The number of nitrogens with zero attached hydrogens (tertiary/aromatic N) is 1. The fourth-order valence-electron chi connectivity index (χ4n) is 2.97. The Morgan fingerprint density at radius 1 is 1.24 bits per heavy atom. The standard InChI is InChI=1S/C18H29NO2/c1-14(2)11-15-5-7-16(8-6-15)17(20)12-19-9-10-21-18(3,4)13-19/h5-8,14,17,20H,9-13H2,1-4H3. The molecular formula is C18H29NO2. The van der Waals surface area contributed by atoms with Crippen LogP contribution in [0.15, 0.2) is 24.3 Å². The third-order valence-electron chi connectivity index (χ3n) is 3.94. The van der Waals surface area contributed by atoms with Gasteiger partial charge in [0.2, 0.25) is 0 Å². The van der Waals surface area contributed by atoms with Crippen molar-refractivity contribution in [3.8, 4) is 0 Å². The minimum Gasteiger partial charge on any atom is -0.387 e. The van der Waals surface area contributed by atoms with Crippen molar-refractivity contribution < 1.29 is 9.84 Å². The van der Waals surface area contributed by atoms with Crippen LogP contribution in [0.1, 0.15) is 44.9 Å². The van der Waals surface area contributed by atoms with Gasteiger partial charge >= 0.3 is 0 Å². The van der Waals surface area contributed by atoms with Crippen molar-refractivity contribution in [2.45, 2.75) is 45.8 Å². The van der Waals surface area contributed by atoms with Gasteiger partial charge in [-0.15, -0.1) is 0 Å². The zero-order valence-electron chi connectivity index (χ0n) is 13.8. The minimum atomic E-state index is -0.424. The molecule has 0 aromatic heterocycles. The number of benzene rings is 1. The summed E-state index contributed by atoms with van der Waals surface area (Å²) in [5, 5.41) is 10.4. The fraction of sp³-hybridized carbons (Fsp3) is 0.667. The first-order chi connectivity index (χ1) is 9.85. The van der Waals surface area contributed by atoms with Crippen LogP contribution < -0.4 is 0 Å². The van der Waals surface area contributed by atoms with E-state index in [0.29, 0.717) is 12.5 Å². The van der Waals surface area contributed by atoms with Crippen molar-refractivity contribution in [3.05, 3.63) is 35.4 Å². The summed E-state index contributed by atoms with van der Waals surface area (Å²) in [5.41, 5.74) is 2.24. The van der Waals surface area contributed by atoms with E-state index >= 15 is 0 Å².